The Morgan fingerprint density at radius 1 is 1.32 bits per heavy atom. The molecule has 0 amide bonds. The maximum absolute atomic E-state index is 10.9. The molecular weight excluding hydrogens is 246 g/mol. The van der Waals surface area contributed by atoms with E-state index in [0.29, 0.717) is 11.4 Å². The van der Waals surface area contributed by atoms with Crippen LogP contribution in [0.1, 0.15) is 5.56 Å². The van der Waals surface area contributed by atoms with E-state index in [4.69, 9.17) is 0 Å². The summed E-state index contributed by atoms with van der Waals surface area (Å²) in [6.45, 7) is 0. The van der Waals surface area contributed by atoms with Crippen LogP contribution in [0.4, 0.5) is 11.5 Å². The predicted molar refractivity (Wildman–Crippen MR) is 75.5 cm³/mol. The van der Waals surface area contributed by atoms with Crippen LogP contribution in [-0.2, 0) is 0 Å². The van der Waals surface area contributed by atoms with Crippen LogP contribution in [0.5, 0.6) is 0 Å². The van der Waals surface area contributed by atoms with Crippen molar-refractivity contribution in [3.05, 3.63) is 34.1 Å². The lowest BCUT2D eigenvalue weighted by Gasteiger charge is -2.05. The topological polar surface area (TPSA) is 74.9 Å². The van der Waals surface area contributed by atoms with Crippen molar-refractivity contribution in [2.45, 2.75) is 0 Å². The van der Waals surface area contributed by atoms with Crippen LogP contribution in [0.15, 0.2) is 23.5 Å². The minimum atomic E-state index is -0.457. The molecule has 0 unspecified atom stereocenters. The van der Waals surface area contributed by atoms with E-state index in [1.54, 1.807) is 34.5 Å². The van der Waals surface area contributed by atoms with Crippen molar-refractivity contribution in [2.24, 2.45) is 4.99 Å². The van der Waals surface area contributed by atoms with Crippen molar-refractivity contribution in [3.8, 4) is 0 Å². The first-order valence-electron chi connectivity index (χ1n) is 5.60. The molecule has 102 valence electrons. The number of nitro groups is 1. The smallest absolute Gasteiger partial charge is 0.294 e. The summed E-state index contributed by atoms with van der Waals surface area (Å²) in [5.74, 6) is 0.428. The zero-order valence-electron chi connectivity index (χ0n) is 11.4. The van der Waals surface area contributed by atoms with Crippen molar-refractivity contribution in [2.75, 3.05) is 28.2 Å². The van der Waals surface area contributed by atoms with E-state index in [0.717, 1.165) is 0 Å². The van der Waals surface area contributed by atoms with Crippen LogP contribution >= 0.6 is 0 Å². The maximum atomic E-state index is 10.9. The van der Waals surface area contributed by atoms with Gasteiger partial charge in [-0.15, -0.1) is 0 Å². The number of rotatable bonds is 5. The largest absolute Gasteiger partial charge is 0.383 e. The van der Waals surface area contributed by atoms with E-state index >= 15 is 0 Å². The molecule has 0 atom stereocenters. The van der Waals surface area contributed by atoms with Crippen molar-refractivity contribution >= 4 is 23.9 Å². The molecule has 19 heavy (non-hydrogen) atoms. The van der Waals surface area contributed by atoms with Gasteiger partial charge in [-0.05, 0) is 18.3 Å². The van der Waals surface area contributed by atoms with Crippen molar-refractivity contribution in [3.63, 3.8) is 0 Å². The summed E-state index contributed by atoms with van der Waals surface area (Å²) in [6.07, 6.45) is 6.21. The van der Waals surface area contributed by atoms with Gasteiger partial charge in [-0.25, -0.2) is 9.98 Å². The summed E-state index contributed by atoms with van der Waals surface area (Å²) in [5.41, 5.74) is 0.432. The first kappa shape index (κ1) is 14.6. The van der Waals surface area contributed by atoms with Gasteiger partial charge < -0.3 is 9.80 Å². The Labute approximate surface area is 112 Å². The van der Waals surface area contributed by atoms with Gasteiger partial charge in [0.25, 0.3) is 5.69 Å². The van der Waals surface area contributed by atoms with Gasteiger partial charge in [0.15, 0.2) is 5.82 Å². The Morgan fingerprint density at radius 2 is 2.00 bits per heavy atom. The predicted octanol–water partition coefficient (Wildman–Crippen LogP) is 1.74. The second-order valence-electron chi connectivity index (χ2n) is 4.35. The molecule has 0 aromatic carbocycles. The van der Waals surface area contributed by atoms with E-state index < -0.39 is 4.92 Å². The molecule has 0 spiro atoms. The SMILES string of the molecule is CN(C)C=Cc1cc(N=CN(C)C)ncc1[N+](=O)[O-]. The lowest BCUT2D eigenvalue weighted by molar-refractivity contribution is -0.385. The van der Waals surface area contributed by atoms with Crippen molar-refractivity contribution in [1.29, 1.82) is 0 Å². The minimum Gasteiger partial charge on any atom is -0.383 e. The molecule has 0 saturated carbocycles. The zero-order chi connectivity index (χ0) is 14.4. The summed E-state index contributed by atoms with van der Waals surface area (Å²) in [7, 11) is 7.35. The van der Waals surface area contributed by atoms with E-state index in [9.17, 15) is 10.1 Å². The normalized spacial score (nSPS) is 11.2. The first-order valence-corrected chi connectivity index (χ1v) is 5.60. The highest BCUT2D eigenvalue weighted by atomic mass is 16.6. The van der Waals surface area contributed by atoms with E-state index in [1.807, 2.05) is 28.2 Å². The Morgan fingerprint density at radius 3 is 2.53 bits per heavy atom. The van der Waals surface area contributed by atoms with Crippen molar-refractivity contribution in [1.82, 2.24) is 14.8 Å². The molecule has 0 aliphatic rings. The highest BCUT2D eigenvalue weighted by Crippen LogP contribution is 2.22. The lowest BCUT2D eigenvalue weighted by Crippen LogP contribution is -2.07. The Kier molecular flexibility index (Phi) is 4.99. The van der Waals surface area contributed by atoms with Crippen LogP contribution < -0.4 is 0 Å². The third-order valence-electron chi connectivity index (χ3n) is 2.07. The molecule has 0 saturated heterocycles. The highest BCUT2D eigenvalue weighted by molar-refractivity contribution is 5.65. The molecule has 0 fully saturated rings. The molecule has 0 radical (unpaired) electrons. The number of hydrogen-bond acceptors (Lipinski definition) is 5. The molecule has 7 nitrogen and oxygen atoms in total. The van der Waals surface area contributed by atoms with Gasteiger partial charge >= 0.3 is 0 Å². The third kappa shape index (κ3) is 4.74. The van der Waals surface area contributed by atoms with E-state index in [-0.39, 0.29) is 5.69 Å². The van der Waals surface area contributed by atoms with Gasteiger partial charge in [0.2, 0.25) is 0 Å². The fraction of sp³-hybridized carbons (Fsp3) is 0.333. The summed E-state index contributed by atoms with van der Waals surface area (Å²) in [5, 5.41) is 10.9. The molecule has 0 aliphatic carbocycles. The Balaban J connectivity index is 3.14. The quantitative estimate of drug-likeness (QED) is 0.350. The Hall–Kier alpha value is -2.44. The van der Waals surface area contributed by atoms with Crippen molar-refractivity contribution < 1.29 is 4.92 Å². The number of aliphatic imine (C=N–C) groups is 1. The lowest BCUT2D eigenvalue weighted by atomic mass is 10.2. The number of pyridine rings is 1. The number of aromatic nitrogens is 1. The molecule has 7 heteroatoms. The first-order chi connectivity index (χ1) is 8.90. The van der Waals surface area contributed by atoms with E-state index in [2.05, 4.69) is 9.98 Å². The molecule has 1 heterocycles. The zero-order valence-corrected chi connectivity index (χ0v) is 11.4. The maximum Gasteiger partial charge on any atom is 0.294 e. The van der Waals surface area contributed by atoms with Gasteiger partial charge in [-0.2, -0.15) is 0 Å². The van der Waals surface area contributed by atoms with Gasteiger partial charge in [0, 0.05) is 28.2 Å². The van der Waals surface area contributed by atoms with Gasteiger partial charge in [0.1, 0.15) is 6.20 Å². The molecule has 0 bridgehead atoms. The Bertz CT molecular complexity index is 509. The monoisotopic (exact) mass is 263 g/mol. The molecule has 0 aliphatic heterocycles. The second kappa shape index (κ2) is 6.48. The number of nitrogens with zero attached hydrogens (tertiary/aromatic N) is 5. The molecule has 1 aromatic heterocycles. The van der Waals surface area contributed by atoms with Crippen LogP contribution in [-0.4, -0.2) is 54.2 Å². The molecule has 1 aromatic rings. The number of hydrogen-bond donors (Lipinski definition) is 0. The average molecular weight is 263 g/mol. The van der Waals surface area contributed by atoms with E-state index in [1.165, 1.54) is 6.20 Å². The summed E-state index contributed by atoms with van der Waals surface area (Å²) >= 11 is 0. The fourth-order valence-corrected chi connectivity index (χ4v) is 1.21. The van der Waals surface area contributed by atoms with Crippen LogP contribution in [0.25, 0.3) is 6.08 Å². The van der Waals surface area contributed by atoms with Crippen LogP contribution in [0.3, 0.4) is 0 Å². The standard InChI is InChI=1S/C12H17N5O2/c1-15(2)6-5-10-7-12(14-9-16(3)4)13-8-11(10)17(18)19/h5-9H,1-4H3. The average Bonchev–Trinajstić information content (AvgIpc) is 2.33. The van der Waals surface area contributed by atoms with Gasteiger partial charge in [-0.3, -0.25) is 10.1 Å². The second-order valence-corrected chi connectivity index (χ2v) is 4.35. The van der Waals surface area contributed by atoms with Gasteiger partial charge in [-0.1, -0.05) is 0 Å². The third-order valence-corrected chi connectivity index (χ3v) is 2.07. The summed E-state index contributed by atoms with van der Waals surface area (Å²) < 4.78 is 0. The minimum absolute atomic E-state index is 0.0399. The van der Waals surface area contributed by atoms with Crippen LogP contribution in [0, 0.1) is 10.1 Å². The highest BCUT2D eigenvalue weighted by Gasteiger charge is 2.12. The fourth-order valence-electron chi connectivity index (χ4n) is 1.21. The van der Waals surface area contributed by atoms with Gasteiger partial charge in [0.05, 0.1) is 16.8 Å². The molecule has 0 N–H and O–H groups in total. The summed E-state index contributed by atoms with van der Waals surface area (Å²) in [6, 6.07) is 1.58. The van der Waals surface area contributed by atoms with Crippen LogP contribution in [0.2, 0.25) is 0 Å². The molecule has 1 rings (SSSR count). The molecular formula is C12H17N5O2. The summed E-state index contributed by atoms with van der Waals surface area (Å²) in [4.78, 5) is 22.1.